The van der Waals surface area contributed by atoms with Gasteiger partial charge in [0.15, 0.2) is 0 Å². The highest BCUT2D eigenvalue weighted by Crippen LogP contribution is 2.32. The van der Waals surface area contributed by atoms with Gasteiger partial charge in [-0.05, 0) is 38.1 Å². The molecule has 2 N–H and O–H groups in total. The maximum absolute atomic E-state index is 11.6. The van der Waals surface area contributed by atoms with Crippen LogP contribution in [-0.4, -0.2) is 24.9 Å². The number of pyridine rings is 2. The van der Waals surface area contributed by atoms with Crippen molar-refractivity contribution < 1.29 is 4.92 Å². The van der Waals surface area contributed by atoms with E-state index >= 15 is 0 Å². The molecule has 0 atom stereocenters. The highest BCUT2D eigenvalue weighted by atomic mass is 16.6. The van der Waals surface area contributed by atoms with Crippen LogP contribution in [0.5, 0.6) is 0 Å². The first-order valence-corrected chi connectivity index (χ1v) is 7.43. The van der Waals surface area contributed by atoms with Crippen LogP contribution in [0.1, 0.15) is 11.4 Å². The topological polar surface area (TPSA) is 119 Å². The van der Waals surface area contributed by atoms with E-state index in [2.05, 4.69) is 30.6 Å². The van der Waals surface area contributed by atoms with Crippen LogP contribution >= 0.6 is 0 Å². The Kier molecular flexibility index (Phi) is 4.46. The van der Waals surface area contributed by atoms with E-state index in [0.717, 1.165) is 11.4 Å². The van der Waals surface area contributed by atoms with Crippen LogP contribution in [0.15, 0.2) is 42.7 Å². The third-order valence-corrected chi connectivity index (χ3v) is 3.27. The SMILES string of the molecule is Cc1cccc(Nc2ncnc(Nc3cccc(C)n3)c2[N+](=O)[O-])n1. The van der Waals surface area contributed by atoms with E-state index in [1.54, 1.807) is 24.3 Å². The number of nitro groups is 1. The molecule has 0 bridgehead atoms. The van der Waals surface area contributed by atoms with Gasteiger partial charge in [-0.25, -0.2) is 19.9 Å². The number of rotatable bonds is 5. The molecule has 0 aliphatic heterocycles. The molecule has 0 aliphatic rings. The smallest absolute Gasteiger partial charge is 0.319 e. The zero-order valence-electron chi connectivity index (χ0n) is 13.6. The summed E-state index contributed by atoms with van der Waals surface area (Å²) in [6.45, 7) is 3.66. The summed E-state index contributed by atoms with van der Waals surface area (Å²) >= 11 is 0. The Labute approximate surface area is 143 Å². The van der Waals surface area contributed by atoms with Gasteiger partial charge in [-0.1, -0.05) is 12.1 Å². The third-order valence-electron chi connectivity index (χ3n) is 3.27. The minimum Gasteiger partial charge on any atom is -0.319 e. The van der Waals surface area contributed by atoms with Crippen LogP contribution in [0, 0.1) is 24.0 Å². The van der Waals surface area contributed by atoms with E-state index in [4.69, 9.17) is 0 Å². The van der Waals surface area contributed by atoms with E-state index in [1.165, 1.54) is 6.33 Å². The van der Waals surface area contributed by atoms with Crippen molar-refractivity contribution in [1.29, 1.82) is 0 Å². The molecule has 25 heavy (non-hydrogen) atoms. The second kappa shape index (κ2) is 6.87. The van der Waals surface area contributed by atoms with Gasteiger partial charge in [0.25, 0.3) is 0 Å². The number of hydrogen-bond donors (Lipinski definition) is 2. The average Bonchev–Trinajstić information content (AvgIpc) is 2.55. The molecule has 9 nitrogen and oxygen atoms in total. The standard InChI is InChI=1S/C16H15N7O2/c1-10-5-3-7-12(19-10)21-15-14(23(24)25)16(18-9-17-15)22-13-8-4-6-11(2)20-13/h3-9H,1-2H3,(H2,17,18,19,20,21,22). The van der Waals surface area contributed by atoms with Crippen LogP contribution in [-0.2, 0) is 0 Å². The van der Waals surface area contributed by atoms with Gasteiger partial charge in [0.05, 0.1) is 4.92 Å². The second-order valence-corrected chi connectivity index (χ2v) is 5.26. The highest BCUT2D eigenvalue weighted by Gasteiger charge is 2.23. The monoisotopic (exact) mass is 337 g/mol. The number of nitrogens with zero attached hydrogens (tertiary/aromatic N) is 5. The summed E-state index contributed by atoms with van der Waals surface area (Å²) in [6, 6.07) is 10.7. The summed E-state index contributed by atoms with van der Waals surface area (Å²) in [4.78, 5) is 27.5. The highest BCUT2D eigenvalue weighted by molar-refractivity contribution is 5.75. The predicted molar refractivity (Wildman–Crippen MR) is 93.2 cm³/mol. The number of aromatic nitrogens is 4. The maximum atomic E-state index is 11.6. The summed E-state index contributed by atoms with van der Waals surface area (Å²) in [7, 11) is 0. The molecule has 0 saturated carbocycles. The van der Waals surface area contributed by atoms with Gasteiger partial charge in [-0.2, -0.15) is 0 Å². The fourth-order valence-electron chi connectivity index (χ4n) is 2.20. The first-order chi connectivity index (χ1) is 12.0. The quantitative estimate of drug-likeness (QED) is 0.538. The molecule has 9 heteroatoms. The van der Waals surface area contributed by atoms with Crippen molar-refractivity contribution in [2.24, 2.45) is 0 Å². The largest absolute Gasteiger partial charge is 0.354 e. The van der Waals surface area contributed by atoms with E-state index in [9.17, 15) is 10.1 Å². The van der Waals surface area contributed by atoms with Crippen LogP contribution in [0.3, 0.4) is 0 Å². The summed E-state index contributed by atoms with van der Waals surface area (Å²) in [5, 5.41) is 17.3. The Bertz CT molecular complexity index is 864. The van der Waals surface area contributed by atoms with Crippen molar-refractivity contribution in [3.63, 3.8) is 0 Å². The van der Waals surface area contributed by atoms with Gasteiger partial charge < -0.3 is 10.6 Å². The van der Waals surface area contributed by atoms with Gasteiger partial charge in [0.2, 0.25) is 11.6 Å². The van der Waals surface area contributed by atoms with Crippen LogP contribution < -0.4 is 10.6 Å². The Morgan fingerprint density at radius 1 is 0.880 bits per heavy atom. The second-order valence-electron chi connectivity index (χ2n) is 5.26. The average molecular weight is 337 g/mol. The minimum absolute atomic E-state index is 0.0493. The summed E-state index contributed by atoms with van der Waals surface area (Å²) in [6.07, 6.45) is 1.24. The van der Waals surface area contributed by atoms with Gasteiger partial charge >= 0.3 is 5.69 Å². The fraction of sp³-hybridized carbons (Fsp3) is 0.125. The third kappa shape index (κ3) is 3.83. The number of nitrogens with one attached hydrogen (secondary N) is 2. The van der Waals surface area contributed by atoms with Gasteiger partial charge in [0, 0.05) is 11.4 Å². The lowest BCUT2D eigenvalue weighted by atomic mass is 10.3. The van der Waals surface area contributed by atoms with Crippen molar-refractivity contribution in [3.8, 4) is 0 Å². The molecule has 3 aromatic heterocycles. The van der Waals surface area contributed by atoms with E-state index in [-0.39, 0.29) is 17.3 Å². The van der Waals surface area contributed by atoms with Gasteiger partial charge in [0.1, 0.15) is 18.0 Å². The fourth-order valence-corrected chi connectivity index (χ4v) is 2.20. The molecule has 0 fully saturated rings. The lowest BCUT2D eigenvalue weighted by molar-refractivity contribution is -0.383. The number of anilines is 4. The summed E-state index contributed by atoms with van der Waals surface area (Å²) in [5.41, 5.74) is 1.28. The normalized spacial score (nSPS) is 10.3. The Morgan fingerprint density at radius 2 is 1.36 bits per heavy atom. The molecule has 0 amide bonds. The van der Waals surface area contributed by atoms with Crippen molar-refractivity contribution >= 4 is 29.0 Å². The van der Waals surface area contributed by atoms with Gasteiger partial charge in [-0.3, -0.25) is 10.1 Å². The molecule has 0 aromatic carbocycles. The minimum atomic E-state index is -0.545. The first kappa shape index (κ1) is 16.2. The predicted octanol–water partition coefficient (Wildman–Crippen LogP) is 3.28. The zero-order valence-corrected chi connectivity index (χ0v) is 13.6. The van der Waals surface area contributed by atoms with Crippen LogP contribution in [0.2, 0.25) is 0 Å². The van der Waals surface area contributed by atoms with Crippen LogP contribution in [0.25, 0.3) is 0 Å². The van der Waals surface area contributed by atoms with Crippen molar-refractivity contribution in [2.45, 2.75) is 13.8 Å². The number of aryl methyl sites for hydroxylation is 2. The Hall–Kier alpha value is -3.62. The zero-order chi connectivity index (χ0) is 17.8. The van der Waals surface area contributed by atoms with Crippen molar-refractivity contribution in [3.05, 3.63) is 64.2 Å². The van der Waals surface area contributed by atoms with Crippen molar-refractivity contribution in [2.75, 3.05) is 10.6 Å². The first-order valence-electron chi connectivity index (χ1n) is 7.43. The molecule has 0 unspecified atom stereocenters. The van der Waals surface area contributed by atoms with Crippen LogP contribution in [0.4, 0.5) is 29.0 Å². The van der Waals surface area contributed by atoms with Crippen molar-refractivity contribution in [1.82, 2.24) is 19.9 Å². The molecule has 0 spiro atoms. The molecule has 0 saturated heterocycles. The lowest BCUT2D eigenvalue weighted by Gasteiger charge is -2.09. The maximum Gasteiger partial charge on any atom is 0.354 e. The lowest BCUT2D eigenvalue weighted by Crippen LogP contribution is -2.07. The molecular formula is C16H15N7O2. The van der Waals surface area contributed by atoms with Gasteiger partial charge in [-0.15, -0.1) is 0 Å². The van der Waals surface area contributed by atoms with E-state index in [1.807, 2.05) is 26.0 Å². The molecular weight excluding hydrogens is 322 g/mol. The van der Waals surface area contributed by atoms with E-state index < -0.39 is 4.92 Å². The summed E-state index contributed by atoms with van der Waals surface area (Å²) < 4.78 is 0. The molecule has 0 aliphatic carbocycles. The molecule has 3 heterocycles. The summed E-state index contributed by atoms with van der Waals surface area (Å²) in [5.74, 6) is 1.02. The molecule has 3 rings (SSSR count). The van der Waals surface area contributed by atoms with E-state index in [0.29, 0.717) is 11.6 Å². The molecule has 3 aromatic rings. The Morgan fingerprint density at radius 3 is 1.76 bits per heavy atom. The molecule has 0 radical (unpaired) electrons. The number of hydrogen-bond acceptors (Lipinski definition) is 8. The Balaban J connectivity index is 1.98. The molecule has 126 valence electrons.